The van der Waals surface area contributed by atoms with Gasteiger partial charge in [0.1, 0.15) is 5.75 Å². The van der Waals surface area contributed by atoms with Crippen LogP contribution in [0.2, 0.25) is 0 Å². The number of nitrogens with one attached hydrogen (secondary N) is 1. The molecule has 0 saturated carbocycles. The third-order valence-corrected chi connectivity index (χ3v) is 3.18. The lowest BCUT2D eigenvalue weighted by atomic mass is 10.0. The van der Waals surface area contributed by atoms with Crippen molar-refractivity contribution in [3.8, 4) is 5.75 Å². The number of carbonyl (C=O) groups excluding carboxylic acids is 1. The van der Waals surface area contributed by atoms with Crippen LogP contribution in [-0.2, 0) is 17.8 Å². The van der Waals surface area contributed by atoms with E-state index in [2.05, 4.69) is 18.3 Å². The molecule has 1 aromatic rings. The lowest BCUT2D eigenvalue weighted by Gasteiger charge is -2.14. The van der Waals surface area contributed by atoms with Crippen LogP contribution in [0.4, 0.5) is 0 Å². The van der Waals surface area contributed by atoms with Gasteiger partial charge in [0.25, 0.3) is 0 Å². The summed E-state index contributed by atoms with van der Waals surface area (Å²) in [5.74, 6) is 1.04. The molecule has 0 heterocycles. The van der Waals surface area contributed by atoms with Crippen molar-refractivity contribution in [3.05, 3.63) is 29.3 Å². The van der Waals surface area contributed by atoms with Crippen molar-refractivity contribution in [1.29, 1.82) is 0 Å². The van der Waals surface area contributed by atoms with Crippen LogP contribution in [0, 0.1) is 0 Å². The van der Waals surface area contributed by atoms with Crippen molar-refractivity contribution in [1.82, 2.24) is 5.32 Å². The van der Waals surface area contributed by atoms with Crippen LogP contribution < -0.4 is 10.1 Å². The Bertz CT molecular complexity index is 402. The van der Waals surface area contributed by atoms with E-state index in [1.165, 1.54) is 5.56 Å². The standard InChI is InChI=1S/C16H25NO2/c1-4-6-10-14-13(9-7-11-15(14)19-3)12-17-16(18)8-5-2/h7,9,11H,4-6,8,10,12H2,1-3H3,(H,17,18). The summed E-state index contributed by atoms with van der Waals surface area (Å²) < 4.78 is 5.42. The van der Waals surface area contributed by atoms with E-state index in [9.17, 15) is 4.79 Å². The van der Waals surface area contributed by atoms with Crippen molar-refractivity contribution >= 4 is 5.91 Å². The highest BCUT2D eigenvalue weighted by atomic mass is 16.5. The zero-order valence-electron chi connectivity index (χ0n) is 12.3. The molecule has 1 aromatic carbocycles. The van der Waals surface area contributed by atoms with Crippen molar-refractivity contribution < 1.29 is 9.53 Å². The summed E-state index contributed by atoms with van der Waals surface area (Å²) in [6.45, 7) is 4.78. The van der Waals surface area contributed by atoms with Crippen molar-refractivity contribution in [2.75, 3.05) is 7.11 Å². The minimum Gasteiger partial charge on any atom is -0.496 e. The van der Waals surface area contributed by atoms with Crippen LogP contribution in [0.1, 0.15) is 50.7 Å². The monoisotopic (exact) mass is 263 g/mol. The average molecular weight is 263 g/mol. The van der Waals surface area contributed by atoms with E-state index in [0.717, 1.165) is 37.0 Å². The summed E-state index contributed by atoms with van der Waals surface area (Å²) in [5.41, 5.74) is 2.39. The first kappa shape index (κ1) is 15.5. The highest BCUT2D eigenvalue weighted by molar-refractivity contribution is 5.75. The first-order valence-corrected chi connectivity index (χ1v) is 7.14. The lowest BCUT2D eigenvalue weighted by molar-refractivity contribution is -0.121. The van der Waals surface area contributed by atoms with E-state index in [-0.39, 0.29) is 5.91 Å². The van der Waals surface area contributed by atoms with Crippen LogP contribution in [0.3, 0.4) is 0 Å². The maximum atomic E-state index is 11.6. The number of methoxy groups -OCH3 is 1. The Balaban J connectivity index is 2.77. The zero-order chi connectivity index (χ0) is 14.1. The van der Waals surface area contributed by atoms with Gasteiger partial charge in [-0.05, 0) is 36.5 Å². The molecule has 0 aliphatic rings. The highest BCUT2D eigenvalue weighted by Gasteiger charge is 2.09. The second kappa shape index (κ2) is 8.57. The fourth-order valence-corrected chi connectivity index (χ4v) is 2.11. The minimum atomic E-state index is 0.117. The van der Waals surface area contributed by atoms with Gasteiger partial charge in [-0.25, -0.2) is 0 Å². The summed E-state index contributed by atoms with van der Waals surface area (Å²) in [6.07, 6.45) is 4.76. The molecular formula is C16H25NO2. The van der Waals surface area contributed by atoms with Crippen LogP contribution in [-0.4, -0.2) is 13.0 Å². The SMILES string of the molecule is CCCCc1c(CNC(=O)CCC)cccc1OC. The molecule has 0 aliphatic heterocycles. The van der Waals surface area contributed by atoms with Crippen molar-refractivity contribution in [2.45, 2.75) is 52.5 Å². The molecule has 0 bridgehead atoms. The van der Waals surface area contributed by atoms with Gasteiger partial charge >= 0.3 is 0 Å². The number of hydrogen-bond donors (Lipinski definition) is 1. The third kappa shape index (κ3) is 4.93. The fraction of sp³-hybridized carbons (Fsp3) is 0.562. The lowest BCUT2D eigenvalue weighted by Crippen LogP contribution is -2.22. The molecule has 0 fully saturated rings. The van der Waals surface area contributed by atoms with E-state index >= 15 is 0 Å². The first-order chi connectivity index (χ1) is 9.22. The molecule has 0 radical (unpaired) electrons. The molecule has 19 heavy (non-hydrogen) atoms. The average Bonchev–Trinajstić information content (AvgIpc) is 2.43. The maximum Gasteiger partial charge on any atom is 0.220 e. The van der Waals surface area contributed by atoms with Gasteiger partial charge in [-0.1, -0.05) is 32.4 Å². The summed E-state index contributed by atoms with van der Waals surface area (Å²) in [4.78, 5) is 11.6. The smallest absolute Gasteiger partial charge is 0.220 e. The van der Waals surface area contributed by atoms with E-state index < -0.39 is 0 Å². The van der Waals surface area contributed by atoms with Gasteiger partial charge in [0.2, 0.25) is 5.91 Å². The van der Waals surface area contributed by atoms with Gasteiger partial charge < -0.3 is 10.1 Å². The predicted molar refractivity (Wildman–Crippen MR) is 78.4 cm³/mol. The van der Waals surface area contributed by atoms with Gasteiger partial charge in [0.15, 0.2) is 0 Å². The number of carbonyl (C=O) groups is 1. The number of rotatable bonds is 8. The normalized spacial score (nSPS) is 10.3. The Morgan fingerprint density at radius 1 is 1.26 bits per heavy atom. The fourth-order valence-electron chi connectivity index (χ4n) is 2.11. The Kier molecular flexibility index (Phi) is 7.01. The molecular weight excluding hydrogens is 238 g/mol. The molecule has 1 N–H and O–H groups in total. The Morgan fingerprint density at radius 3 is 2.68 bits per heavy atom. The van der Waals surface area contributed by atoms with Crippen molar-refractivity contribution in [2.24, 2.45) is 0 Å². The maximum absolute atomic E-state index is 11.6. The Hall–Kier alpha value is -1.51. The topological polar surface area (TPSA) is 38.3 Å². The zero-order valence-corrected chi connectivity index (χ0v) is 12.3. The quantitative estimate of drug-likeness (QED) is 0.780. The number of amides is 1. The molecule has 0 spiro atoms. The molecule has 0 unspecified atom stereocenters. The number of benzene rings is 1. The van der Waals surface area contributed by atoms with E-state index in [4.69, 9.17) is 4.74 Å². The van der Waals surface area contributed by atoms with Crippen LogP contribution in [0.5, 0.6) is 5.75 Å². The van der Waals surface area contributed by atoms with Gasteiger partial charge in [0, 0.05) is 13.0 Å². The first-order valence-electron chi connectivity index (χ1n) is 7.14. The number of unbranched alkanes of at least 4 members (excludes halogenated alkanes) is 1. The summed E-state index contributed by atoms with van der Waals surface area (Å²) >= 11 is 0. The predicted octanol–water partition coefficient (Wildman–Crippen LogP) is 3.45. The summed E-state index contributed by atoms with van der Waals surface area (Å²) in [6, 6.07) is 6.04. The molecule has 0 atom stereocenters. The molecule has 3 nitrogen and oxygen atoms in total. The van der Waals surface area contributed by atoms with Gasteiger partial charge in [0.05, 0.1) is 7.11 Å². The second-order valence-electron chi connectivity index (χ2n) is 4.73. The third-order valence-electron chi connectivity index (χ3n) is 3.18. The Labute approximate surface area is 116 Å². The Morgan fingerprint density at radius 2 is 2.05 bits per heavy atom. The molecule has 0 aliphatic carbocycles. The van der Waals surface area contributed by atoms with Crippen LogP contribution in [0.15, 0.2) is 18.2 Å². The largest absolute Gasteiger partial charge is 0.496 e. The van der Waals surface area contributed by atoms with Gasteiger partial charge in [-0.15, -0.1) is 0 Å². The van der Waals surface area contributed by atoms with E-state index in [1.807, 2.05) is 19.1 Å². The molecule has 106 valence electrons. The number of ether oxygens (including phenoxy) is 1. The summed E-state index contributed by atoms with van der Waals surface area (Å²) in [5, 5.41) is 2.97. The molecule has 1 amide bonds. The second-order valence-corrected chi connectivity index (χ2v) is 4.73. The number of hydrogen-bond acceptors (Lipinski definition) is 2. The summed E-state index contributed by atoms with van der Waals surface area (Å²) in [7, 11) is 1.70. The molecule has 1 rings (SSSR count). The molecule has 3 heteroatoms. The van der Waals surface area contributed by atoms with Crippen molar-refractivity contribution in [3.63, 3.8) is 0 Å². The minimum absolute atomic E-state index is 0.117. The van der Waals surface area contributed by atoms with Crippen LogP contribution >= 0.6 is 0 Å². The van der Waals surface area contributed by atoms with E-state index in [0.29, 0.717) is 13.0 Å². The van der Waals surface area contributed by atoms with Gasteiger partial charge in [-0.3, -0.25) is 4.79 Å². The molecule has 0 saturated heterocycles. The van der Waals surface area contributed by atoms with Gasteiger partial charge in [-0.2, -0.15) is 0 Å². The van der Waals surface area contributed by atoms with Crippen LogP contribution in [0.25, 0.3) is 0 Å². The highest BCUT2D eigenvalue weighted by Crippen LogP contribution is 2.24. The molecule has 0 aromatic heterocycles. The van der Waals surface area contributed by atoms with E-state index in [1.54, 1.807) is 7.11 Å².